The number of urea groups is 1. The number of carbonyl (C=O) groups excluding carboxylic acids is 1. The molecule has 4 nitrogen and oxygen atoms in total. The molecule has 2 saturated heterocycles. The maximum atomic E-state index is 11.8. The van der Waals surface area contributed by atoms with E-state index in [1.807, 2.05) is 4.90 Å². The second-order valence-corrected chi connectivity index (χ2v) is 4.63. The van der Waals surface area contributed by atoms with Crippen molar-refractivity contribution < 1.29 is 4.79 Å². The lowest BCUT2D eigenvalue weighted by molar-refractivity contribution is 0.191. The maximum absolute atomic E-state index is 11.8. The normalized spacial score (nSPS) is 22.4. The molecule has 2 aliphatic rings. The highest BCUT2D eigenvalue weighted by atomic mass is 16.2. The van der Waals surface area contributed by atoms with Crippen LogP contribution in [-0.4, -0.2) is 55.1 Å². The largest absolute Gasteiger partial charge is 0.337 e. The SMILES string of the molecule is O=C(NCCN1CCCC1)N1CC[CH]CC1. The van der Waals surface area contributed by atoms with Crippen molar-refractivity contribution in [1.29, 1.82) is 0 Å². The van der Waals surface area contributed by atoms with Gasteiger partial charge in [-0.15, -0.1) is 0 Å². The molecule has 4 heteroatoms. The summed E-state index contributed by atoms with van der Waals surface area (Å²) in [7, 11) is 0. The third-order valence-corrected chi connectivity index (χ3v) is 3.40. The summed E-state index contributed by atoms with van der Waals surface area (Å²) in [6, 6.07) is 0.118. The van der Waals surface area contributed by atoms with E-state index in [0.717, 1.165) is 39.0 Å². The Balaban J connectivity index is 1.59. The average Bonchev–Trinajstić information content (AvgIpc) is 2.83. The van der Waals surface area contributed by atoms with Crippen molar-refractivity contribution in [3.8, 4) is 0 Å². The lowest BCUT2D eigenvalue weighted by Crippen LogP contribution is -2.45. The predicted octanol–water partition coefficient (Wildman–Crippen LogP) is 1.09. The van der Waals surface area contributed by atoms with Gasteiger partial charge in [-0.2, -0.15) is 0 Å². The molecule has 0 bridgehead atoms. The van der Waals surface area contributed by atoms with Gasteiger partial charge in [0.25, 0.3) is 0 Å². The number of nitrogens with zero attached hydrogens (tertiary/aromatic N) is 2. The van der Waals surface area contributed by atoms with Crippen molar-refractivity contribution in [2.45, 2.75) is 25.7 Å². The van der Waals surface area contributed by atoms with Gasteiger partial charge in [0, 0.05) is 26.2 Å². The second kappa shape index (κ2) is 6.09. The van der Waals surface area contributed by atoms with Gasteiger partial charge < -0.3 is 15.1 Å². The first-order valence-corrected chi connectivity index (χ1v) is 6.43. The van der Waals surface area contributed by atoms with E-state index in [-0.39, 0.29) is 6.03 Å². The minimum Gasteiger partial charge on any atom is -0.337 e. The number of hydrogen-bond donors (Lipinski definition) is 1. The van der Waals surface area contributed by atoms with Crippen LogP contribution in [0.15, 0.2) is 0 Å². The molecular weight excluding hydrogens is 202 g/mol. The summed E-state index contributed by atoms with van der Waals surface area (Å²) in [5, 5.41) is 3.01. The Morgan fingerprint density at radius 1 is 1.12 bits per heavy atom. The number of likely N-dealkylation sites (tertiary alicyclic amines) is 2. The molecule has 2 aliphatic heterocycles. The molecule has 0 spiro atoms. The molecule has 2 amide bonds. The number of hydrogen-bond acceptors (Lipinski definition) is 2. The molecule has 0 aliphatic carbocycles. The Morgan fingerprint density at radius 2 is 1.81 bits per heavy atom. The van der Waals surface area contributed by atoms with E-state index in [1.54, 1.807) is 0 Å². The van der Waals surface area contributed by atoms with Crippen molar-refractivity contribution in [2.24, 2.45) is 0 Å². The standard InChI is InChI=1S/C12H22N3O/c16-12(15-9-2-1-3-10-15)13-6-11-14-7-4-5-8-14/h1H,2-11H2,(H,13,16). The molecule has 2 rings (SSSR count). The summed E-state index contributed by atoms with van der Waals surface area (Å²) in [6.07, 6.45) is 6.97. The Bertz CT molecular complexity index is 220. The quantitative estimate of drug-likeness (QED) is 0.779. The molecule has 0 aromatic carbocycles. The van der Waals surface area contributed by atoms with E-state index in [2.05, 4.69) is 16.6 Å². The van der Waals surface area contributed by atoms with Crippen molar-refractivity contribution >= 4 is 6.03 Å². The minimum absolute atomic E-state index is 0.118. The summed E-state index contributed by atoms with van der Waals surface area (Å²) in [5.41, 5.74) is 0. The molecular formula is C12H22N3O. The zero-order valence-electron chi connectivity index (χ0n) is 9.95. The van der Waals surface area contributed by atoms with Gasteiger partial charge in [0.15, 0.2) is 0 Å². The molecule has 16 heavy (non-hydrogen) atoms. The van der Waals surface area contributed by atoms with Gasteiger partial charge in [0.1, 0.15) is 0 Å². The molecule has 2 fully saturated rings. The van der Waals surface area contributed by atoms with Crippen LogP contribution >= 0.6 is 0 Å². The van der Waals surface area contributed by atoms with Gasteiger partial charge in [-0.1, -0.05) is 0 Å². The smallest absolute Gasteiger partial charge is 0.317 e. The van der Waals surface area contributed by atoms with Gasteiger partial charge >= 0.3 is 6.03 Å². The Labute approximate surface area is 98.0 Å². The van der Waals surface area contributed by atoms with Crippen LogP contribution in [-0.2, 0) is 0 Å². The van der Waals surface area contributed by atoms with E-state index in [9.17, 15) is 4.79 Å². The topological polar surface area (TPSA) is 35.6 Å². The first-order chi connectivity index (χ1) is 7.86. The Morgan fingerprint density at radius 3 is 2.50 bits per heavy atom. The summed E-state index contributed by atoms with van der Waals surface area (Å²) >= 11 is 0. The average molecular weight is 224 g/mol. The predicted molar refractivity (Wildman–Crippen MR) is 64.2 cm³/mol. The van der Waals surface area contributed by atoms with E-state index in [4.69, 9.17) is 0 Å². The summed E-state index contributed by atoms with van der Waals surface area (Å²) in [6.45, 7) is 5.97. The number of rotatable bonds is 3. The van der Waals surface area contributed by atoms with Crippen molar-refractivity contribution in [1.82, 2.24) is 15.1 Å². The molecule has 91 valence electrons. The van der Waals surface area contributed by atoms with Gasteiger partial charge in [0.2, 0.25) is 0 Å². The van der Waals surface area contributed by atoms with Crippen LogP contribution in [0.2, 0.25) is 0 Å². The number of nitrogens with one attached hydrogen (secondary N) is 1. The molecule has 0 aromatic rings. The van der Waals surface area contributed by atoms with Crippen molar-refractivity contribution in [2.75, 3.05) is 39.3 Å². The lowest BCUT2D eigenvalue weighted by atomic mass is 10.1. The summed E-state index contributed by atoms with van der Waals surface area (Å²) < 4.78 is 0. The molecule has 0 saturated carbocycles. The van der Waals surface area contributed by atoms with Crippen LogP contribution in [0.1, 0.15) is 25.7 Å². The highest BCUT2D eigenvalue weighted by Crippen LogP contribution is 2.08. The van der Waals surface area contributed by atoms with E-state index in [1.165, 1.54) is 25.9 Å². The zero-order chi connectivity index (χ0) is 11.2. The van der Waals surface area contributed by atoms with E-state index < -0.39 is 0 Å². The van der Waals surface area contributed by atoms with Crippen LogP contribution in [0.5, 0.6) is 0 Å². The summed E-state index contributed by atoms with van der Waals surface area (Å²) in [4.78, 5) is 16.1. The van der Waals surface area contributed by atoms with Crippen LogP contribution in [0, 0.1) is 6.42 Å². The minimum atomic E-state index is 0.118. The monoisotopic (exact) mass is 224 g/mol. The van der Waals surface area contributed by atoms with Crippen LogP contribution in [0.25, 0.3) is 0 Å². The Hall–Kier alpha value is -0.770. The molecule has 0 atom stereocenters. The highest BCUT2D eigenvalue weighted by molar-refractivity contribution is 5.74. The molecule has 0 aromatic heterocycles. The van der Waals surface area contributed by atoms with Crippen molar-refractivity contribution in [3.63, 3.8) is 0 Å². The van der Waals surface area contributed by atoms with Crippen LogP contribution in [0.4, 0.5) is 4.79 Å². The van der Waals surface area contributed by atoms with Gasteiger partial charge in [-0.3, -0.25) is 0 Å². The van der Waals surface area contributed by atoms with Gasteiger partial charge in [-0.25, -0.2) is 4.79 Å². The maximum Gasteiger partial charge on any atom is 0.317 e. The fraction of sp³-hybridized carbons (Fsp3) is 0.833. The van der Waals surface area contributed by atoms with Crippen LogP contribution < -0.4 is 5.32 Å². The number of piperidine rings is 1. The number of carbonyl (C=O) groups is 1. The molecule has 1 radical (unpaired) electrons. The third kappa shape index (κ3) is 3.37. The van der Waals surface area contributed by atoms with E-state index in [0.29, 0.717) is 0 Å². The van der Waals surface area contributed by atoms with Gasteiger partial charge in [0.05, 0.1) is 0 Å². The fourth-order valence-corrected chi connectivity index (χ4v) is 2.39. The zero-order valence-corrected chi connectivity index (χ0v) is 9.95. The van der Waals surface area contributed by atoms with E-state index >= 15 is 0 Å². The highest BCUT2D eigenvalue weighted by Gasteiger charge is 2.16. The van der Waals surface area contributed by atoms with Crippen molar-refractivity contribution in [3.05, 3.63) is 6.42 Å². The van der Waals surface area contributed by atoms with Crippen LogP contribution in [0.3, 0.4) is 0 Å². The lowest BCUT2D eigenvalue weighted by Gasteiger charge is -2.27. The number of amides is 2. The molecule has 0 unspecified atom stereocenters. The fourth-order valence-electron chi connectivity index (χ4n) is 2.39. The molecule has 1 N–H and O–H groups in total. The Kier molecular flexibility index (Phi) is 4.45. The second-order valence-electron chi connectivity index (χ2n) is 4.63. The molecule has 2 heterocycles. The first kappa shape index (κ1) is 11.7. The van der Waals surface area contributed by atoms with Gasteiger partial charge in [-0.05, 0) is 45.2 Å². The third-order valence-electron chi connectivity index (χ3n) is 3.40. The summed E-state index contributed by atoms with van der Waals surface area (Å²) in [5.74, 6) is 0. The first-order valence-electron chi connectivity index (χ1n) is 6.43.